The highest BCUT2D eigenvalue weighted by Crippen LogP contribution is 2.30. The molecule has 0 aliphatic carbocycles. The minimum Gasteiger partial charge on any atom is -0.488 e. The highest BCUT2D eigenvalue weighted by molar-refractivity contribution is 14.1. The molecule has 0 bridgehead atoms. The summed E-state index contributed by atoms with van der Waals surface area (Å²) in [6.45, 7) is 0.391. The number of hydrogen-bond acceptors (Lipinski definition) is 4. The lowest BCUT2D eigenvalue weighted by Crippen LogP contribution is -2.01. The molecule has 0 saturated carbocycles. The molecular weight excluding hydrogens is 384 g/mol. The predicted molar refractivity (Wildman–Crippen MR) is 87.4 cm³/mol. The Kier molecular flexibility index (Phi) is 3.87. The van der Waals surface area contributed by atoms with Gasteiger partial charge in [-0.3, -0.25) is 0 Å². The molecule has 0 fully saturated rings. The van der Waals surface area contributed by atoms with Crippen LogP contribution in [0.2, 0.25) is 0 Å². The monoisotopic (exact) mass is 395 g/mol. The molecule has 4 nitrogen and oxygen atoms in total. The summed E-state index contributed by atoms with van der Waals surface area (Å²) in [5, 5.41) is 0.512. The van der Waals surface area contributed by atoms with Crippen molar-refractivity contribution in [2.24, 2.45) is 0 Å². The van der Waals surface area contributed by atoms with Crippen molar-refractivity contribution >= 4 is 39.4 Å². The maximum Gasteiger partial charge on any atom is 0.220 e. The van der Waals surface area contributed by atoms with Gasteiger partial charge in [0, 0.05) is 6.20 Å². The zero-order chi connectivity index (χ0) is 14.8. The highest BCUT2D eigenvalue weighted by Gasteiger charge is 2.14. The Hall–Kier alpha value is -1.96. The molecule has 3 rings (SSSR count). The Labute approximate surface area is 134 Å². The number of hydrogen-bond donors (Lipinski definition) is 1. The number of benzene rings is 2. The van der Waals surface area contributed by atoms with Crippen LogP contribution in [0.5, 0.6) is 5.75 Å². The summed E-state index contributed by atoms with van der Waals surface area (Å²) in [4.78, 5) is 7.87. The highest BCUT2D eigenvalue weighted by atomic mass is 127. The molecule has 2 aromatic carbocycles. The second kappa shape index (κ2) is 5.80. The van der Waals surface area contributed by atoms with Crippen LogP contribution in [0.25, 0.3) is 10.9 Å². The number of aromatic nitrogens is 2. The summed E-state index contributed by atoms with van der Waals surface area (Å²) in [7, 11) is 0. The number of nitrogens with two attached hydrogens (primary N) is 1. The molecule has 1 aromatic heterocycles. The van der Waals surface area contributed by atoms with Crippen LogP contribution in [0.15, 0.2) is 42.6 Å². The fraction of sp³-hybridized carbons (Fsp3) is 0.0667. The molecule has 1 heterocycles. The van der Waals surface area contributed by atoms with E-state index in [1.807, 2.05) is 52.9 Å². The Balaban J connectivity index is 2.00. The summed E-state index contributed by atoms with van der Waals surface area (Å²) < 4.78 is 20.3. The second-order valence-corrected chi connectivity index (χ2v) is 5.60. The molecule has 0 amide bonds. The zero-order valence-corrected chi connectivity index (χ0v) is 13.0. The van der Waals surface area contributed by atoms with Gasteiger partial charge in [0.15, 0.2) is 5.82 Å². The Bertz CT molecular complexity index is 796. The van der Waals surface area contributed by atoms with Crippen molar-refractivity contribution in [3.8, 4) is 5.75 Å². The molecule has 0 radical (unpaired) electrons. The van der Waals surface area contributed by atoms with E-state index in [0.29, 0.717) is 21.3 Å². The van der Waals surface area contributed by atoms with Crippen LogP contribution in [0, 0.1) is 9.39 Å². The molecule has 0 unspecified atom stereocenters. The molecular formula is C15H11FIN3O. The molecule has 0 aliphatic rings. The van der Waals surface area contributed by atoms with Crippen molar-refractivity contribution in [2.75, 3.05) is 5.73 Å². The molecule has 6 heteroatoms. The lowest BCUT2D eigenvalue weighted by Gasteiger charge is -2.11. The first kappa shape index (κ1) is 14.0. The standard InChI is InChI=1S/C15H11FIN3O/c16-13-11(17)6-12(10-7-19-15(18)20-14(10)13)21-8-9-4-2-1-3-5-9/h1-7H,8H2,(H2,18,19,20). The van der Waals surface area contributed by atoms with Gasteiger partial charge in [0.25, 0.3) is 0 Å². The van der Waals surface area contributed by atoms with Crippen LogP contribution in [0.1, 0.15) is 5.56 Å². The van der Waals surface area contributed by atoms with Crippen LogP contribution in [0.3, 0.4) is 0 Å². The minimum atomic E-state index is -0.410. The van der Waals surface area contributed by atoms with Gasteiger partial charge < -0.3 is 10.5 Å². The number of rotatable bonds is 3. The largest absolute Gasteiger partial charge is 0.488 e. The van der Waals surface area contributed by atoms with E-state index in [2.05, 4.69) is 9.97 Å². The van der Waals surface area contributed by atoms with Gasteiger partial charge in [-0.15, -0.1) is 0 Å². The van der Waals surface area contributed by atoms with Gasteiger partial charge in [-0.1, -0.05) is 30.3 Å². The van der Waals surface area contributed by atoms with Gasteiger partial charge in [0.2, 0.25) is 5.95 Å². The number of nitrogens with zero attached hydrogens (tertiary/aromatic N) is 2. The average Bonchev–Trinajstić information content (AvgIpc) is 2.50. The Morgan fingerprint density at radius 2 is 2.00 bits per heavy atom. The SMILES string of the molecule is Nc1ncc2c(OCc3ccccc3)cc(I)c(F)c2n1. The van der Waals surface area contributed by atoms with Gasteiger partial charge in [0.1, 0.15) is 17.9 Å². The summed E-state index contributed by atoms with van der Waals surface area (Å²) in [5.41, 5.74) is 6.73. The predicted octanol–water partition coefficient (Wildman–Crippen LogP) is 3.53. The quantitative estimate of drug-likeness (QED) is 0.690. The van der Waals surface area contributed by atoms with Gasteiger partial charge in [-0.2, -0.15) is 0 Å². The van der Waals surface area contributed by atoms with Gasteiger partial charge >= 0.3 is 0 Å². The van der Waals surface area contributed by atoms with Gasteiger partial charge in [0.05, 0.1) is 8.96 Å². The summed E-state index contributed by atoms with van der Waals surface area (Å²) >= 11 is 1.91. The minimum absolute atomic E-state index is 0.0393. The van der Waals surface area contributed by atoms with Crippen LogP contribution in [-0.4, -0.2) is 9.97 Å². The van der Waals surface area contributed by atoms with Crippen molar-refractivity contribution in [1.29, 1.82) is 0 Å². The van der Waals surface area contributed by atoms with Crippen molar-refractivity contribution in [3.05, 3.63) is 57.5 Å². The van der Waals surface area contributed by atoms with Crippen LogP contribution < -0.4 is 10.5 Å². The van der Waals surface area contributed by atoms with Gasteiger partial charge in [-0.05, 0) is 34.2 Å². The third-order valence-corrected chi connectivity index (χ3v) is 3.77. The van der Waals surface area contributed by atoms with Crippen molar-refractivity contribution in [3.63, 3.8) is 0 Å². The lowest BCUT2D eigenvalue weighted by atomic mass is 10.2. The van der Waals surface area contributed by atoms with E-state index in [1.165, 1.54) is 6.20 Å². The van der Waals surface area contributed by atoms with E-state index < -0.39 is 5.82 Å². The number of ether oxygens (including phenoxy) is 1. The molecule has 3 aromatic rings. The van der Waals surface area contributed by atoms with E-state index in [4.69, 9.17) is 10.5 Å². The first-order chi connectivity index (χ1) is 10.1. The second-order valence-electron chi connectivity index (χ2n) is 4.44. The van der Waals surface area contributed by atoms with Crippen molar-refractivity contribution < 1.29 is 9.13 Å². The fourth-order valence-electron chi connectivity index (χ4n) is 1.97. The Morgan fingerprint density at radius 3 is 2.76 bits per heavy atom. The van der Waals surface area contributed by atoms with Crippen LogP contribution in [0.4, 0.5) is 10.3 Å². The van der Waals surface area contributed by atoms with E-state index in [0.717, 1.165) is 5.56 Å². The lowest BCUT2D eigenvalue weighted by molar-refractivity contribution is 0.309. The zero-order valence-electron chi connectivity index (χ0n) is 10.9. The number of halogens is 2. The molecule has 106 valence electrons. The molecule has 0 aliphatic heterocycles. The van der Waals surface area contributed by atoms with Crippen molar-refractivity contribution in [1.82, 2.24) is 9.97 Å². The molecule has 21 heavy (non-hydrogen) atoms. The number of nitrogen functional groups attached to an aromatic ring is 1. The molecule has 0 atom stereocenters. The van der Waals surface area contributed by atoms with E-state index in [-0.39, 0.29) is 11.5 Å². The summed E-state index contributed by atoms with van der Waals surface area (Å²) in [6, 6.07) is 11.4. The van der Waals surface area contributed by atoms with Crippen molar-refractivity contribution in [2.45, 2.75) is 6.61 Å². The maximum atomic E-state index is 14.1. The fourth-order valence-corrected chi connectivity index (χ4v) is 2.51. The molecule has 0 spiro atoms. The summed E-state index contributed by atoms with van der Waals surface area (Å²) in [5.74, 6) is 0.170. The smallest absolute Gasteiger partial charge is 0.220 e. The third-order valence-electron chi connectivity index (χ3n) is 2.99. The summed E-state index contributed by atoms with van der Waals surface area (Å²) in [6.07, 6.45) is 1.48. The maximum absolute atomic E-state index is 14.1. The van der Waals surface area contributed by atoms with Gasteiger partial charge in [-0.25, -0.2) is 14.4 Å². The normalized spacial score (nSPS) is 10.8. The van der Waals surface area contributed by atoms with E-state index in [9.17, 15) is 4.39 Å². The van der Waals surface area contributed by atoms with E-state index >= 15 is 0 Å². The average molecular weight is 395 g/mol. The third kappa shape index (κ3) is 2.90. The molecule has 0 saturated heterocycles. The van der Waals surface area contributed by atoms with Crippen LogP contribution >= 0.6 is 22.6 Å². The number of fused-ring (bicyclic) bond motifs is 1. The molecule has 2 N–H and O–H groups in total. The first-order valence-corrected chi connectivity index (χ1v) is 7.30. The first-order valence-electron chi connectivity index (χ1n) is 6.22. The number of anilines is 1. The Morgan fingerprint density at radius 1 is 1.24 bits per heavy atom. The van der Waals surface area contributed by atoms with E-state index in [1.54, 1.807) is 6.07 Å². The van der Waals surface area contributed by atoms with Crippen LogP contribution in [-0.2, 0) is 6.61 Å². The topological polar surface area (TPSA) is 61.0 Å².